The van der Waals surface area contributed by atoms with E-state index in [-0.39, 0.29) is 5.78 Å². The van der Waals surface area contributed by atoms with Gasteiger partial charge in [0.1, 0.15) is 5.54 Å². The van der Waals surface area contributed by atoms with Gasteiger partial charge in [0.2, 0.25) is 0 Å². The first kappa shape index (κ1) is 13.1. The number of alkyl halides is 1. The van der Waals surface area contributed by atoms with E-state index in [9.17, 15) is 4.79 Å². The van der Waals surface area contributed by atoms with Gasteiger partial charge in [-0.05, 0) is 24.5 Å². The third kappa shape index (κ3) is 2.42. The van der Waals surface area contributed by atoms with E-state index in [2.05, 4.69) is 21.2 Å². The second-order valence-electron chi connectivity index (χ2n) is 4.33. The number of rotatable bonds is 3. The summed E-state index contributed by atoms with van der Waals surface area (Å²) < 4.78 is 0. The molecule has 2 rings (SSSR count). The Kier molecular flexibility index (Phi) is 4.23. The molecule has 2 nitrogen and oxygen atoms in total. The Morgan fingerprint density at radius 1 is 1.35 bits per heavy atom. The van der Waals surface area contributed by atoms with Crippen molar-refractivity contribution < 1.29 is 4.79 Å². The van der Waals surface area contributed by atoms with E-state index in [4.69, 9.17) is 11.6 Å². The quantitative estimate of drug-likeness (QED) is 0.681. The smallest absolute Gasteiger partial charge is 0.157 e. The van der Waals surface area contributed by atoms with Crippen LogP contribution in [-0.4, -0.2) is 11.2 Å². The van der Waals surface area contributed by atoms with Crippen LogP contribution in [0.25, 0.3) is 0 Å². The molecule has 0 saturated heterocycles. The average Bonchev–Trinajstić information content (AvgIpc) is 2.33. The van der Waals surface area contributed by atoms with Crippen LogP contribution < -0.4 is 5.32 Å². The lowest BCUT2D eigenvalue weighted by atomic mass is 9.75. The minimum Gasteiger partial charge on any atom is -0.297 e. The van der Waals surface area contributed by atoms with Crippen molar-refractivity contribution in [1.82, 2.24) is 5.32 Å². The van der Waals surface area contributed by atoms with Crippen LogP contribution in [0.1, 0.15) is 31.2 Å². The van der Waals surface area contributed by atoms with Crippen LogP contribution in [0.5, 0.6) is 0 Å². The van der Waals surface area contributed by atoms with Crippen LogP contribution >= 0.6 is 27.5 Å². The summed E-state index contributed by atoms with van der Waals surface area (Å²) in [5.41, 5.74) is 0.898. The monoisotopic (exact) mass is 315 g/mol. The van der Waals surface area contributed by atoms with Gasteiger partial charge in [-0.15, -0.1) is 0 Å². The number of halogens is 2. The second-order valence-corrected chi connectivity index (χ2v) is 5.29. The zero-order chi connectivity index (χ0) is 12.3. The fraction of sp³-hybridized carbons (Fsp3) is 0.462. The molecule has 1 aliphatic rings. The van der Waals surface area contributed by atoms with Crippen LogP contribution in [0.4, 0.5) is 0 Å². The minimum absolute atomic E-state index is 0.247. The van der Waals surface area contributed by atoms with Crippen LogP contribution in [-0.2, 0) is 10.3 Å². The van der Waals surface area contributed by atoms with E-state index in [0.717, 1.165) is 24.8 Å². The summed E-state index contributed by atoms with van der Waals surface area (Å²) in [7, 11) is 0. The van der Waals surface area contributed by atoms with Crippen LogP contribution in [0.15, 0.2) is 24.3 Å². The summed E-state index contributed by atoms with van der Waals surface area (Å²) in [6, 6.07) is 7.61. The Morgan fingerprint density at radius 2 is 2.12 bits per heavy atom. The Bertz CT molecular complexity index is 420. The summed E-state index contributed by atoms with van der Waals surface area (Å²) >= 11 is 9.60. The highest BCUT2D eigenvalue weighted by Gasteiger charge is 2.41. The molecule has 0 bridgehead atoms. The summed E-state index contributed by atoms with van der Waals surface area (Å²) in [5, 5.41) is 3.95. The first-order valence-electron chi connectivity index (χ1n) is 5.80. The van der Waals surface area contributed by atoms with Crippen molar-refractivity contribution >= 4 is 33.3 Å². The van der Waals surface area contributed by atoms with Crippen molar-refractivity contribution in [3.8, 4) is 0 Å². The zero-order valence-electron chi connectivity index (χ0n) is 9.51. The molecule has 1 saturated carbocycles. The number of carbonyl (C=O) groups excluding carboxylic acids is 1. The van der Waals surface area contributed by atoms with Gasteiger partial charge in [-0.25, -0.2) is 0 Å². The summed E-state index contributed by atoms with van der Waals surface area (Å²) in [6.45, 7) is 0. The van der Waals surface area contributed by atoms with Crippen molar-refractivity contribution in [2.75, 3.05) is 5.45 Å². The number of ketones is 1. The third-order valence-corrected chi connectivity index (χ3v) is 3.99. The van der Waals surface area contributed by atoms with E-state index < -0.39 is 5.54 Å². The molecule has 0 aromatic heterocycles. The van der Waals surface area contributed by atoms with Gasteiger partial charge >= 0.3 is 0 Å². The van der Waals surface area contributed by atoms with Gasteiger partial charge in [0.15, 0.2) is 5.78 Å². The van der Waals surface area contributed by atoms with Crippen LogP contribution in [0.3, 0.4) is 0 Å². The second kappa shape index (κ2) is 5.51. The molecule has 0 spiro atoms. The lowest BCUT2D eigenvalue weighted by molar-refractivity contribution is -0.127. The van der Waals surface area contributed by atoms with Gasteiger partial charge in [0.25, 0.3) is 0 Å². The molecule has 0 radical (unpaired) electrons. The van der Waals surface area contributed by atoms with E-state index in [1.807, 2.05) is 24.3 Å². The van der Waals surface area contributed by atoms with Gasteiger partial charge in [0.05, 0.1) is 5.45 Å². The van der Waals surface area contributed by atoms with Crippen LogP contribution in [0, 0.1) is 0 Å². The van der Waals surface area contributed by atoms with E-state index in [1.165, 1.54) is 0 Å². The standard InChI is InChI=1S/C13H15BrClNO/c14-9-16-13(8-4-3-7-12(13)17)10-5-1-2-6-11(10)15/h1-2,5-6,16H,3-4,7-9H2/t13-/m0/s1. The number of Topliss-reactive ketones (excluding diaryl/α,β-unsaturated/α-hetero) is 1. The van der Waals surface area contributed by atoms with Crippen LogP contribution in [0.2, 0.25) is 5.02 Å². The van der Waals surface area contributed by atoms with Gasteiger partial charge in [-0.2, -0.15) is 0 Å². The predicted octanol–water partition coefficient (Wildman–Crippen LogP) is 3.62. The van der Waals surface area contributed by atoms with Crippen molar-refractivity contribution in [3.63, 3.8) is 0 Å². The van der Waals surface area contributed by atoms with Crippen molar-refractivity contribution in [2.45, 2.75) is 31.2 Å². The first-order chi connectivity index (χ1) is 8.20. The Morgan fingerprint density at radius 3 is 2.76 bits per heavy atom. The number of nitrogens with one attached hydrogen (secondary N) is 1. The van der Waals surface area contributed by atoms with Gasteiger partial charge in [-0.1, -0.05) is 52.2 Å². The molecule has 1 aromatic rings. The summed E-state index contributed by atoms with van der Waals surface area (Å²) in [5.74, 6) is 0.247. The molecule has 92 valence electrons. The molecule has 4 heteroatoms. The lowest BCUT2D eigenvalue weighted by Gasteiger charge is -2.37. The first-order valence-corrected chi connectivity index (χ1v) is 7.30. The van der Waals surface area contributed by atoms with Gasteiger partial charge in [0, 0.05) is 11.4 Å². The molecule has 17 heavy (non-hydrogen) atoms. The molecular weight excluding hydrogens is 302 g/mol. The number of carbonyl (C=O) groups is 1. The lowest BCUT2D eigenvalue weighted by Crippen LogP contribution is -2.50. The molecule has 1 aliphatic carbocycles. The number of hydrogen-bond donors (Lipinski definition) is 1. The fourth-order valence-electron chi connectivity index (χ4n) is 2.52. The number of benzene rings is 1. The van der Waals surface area contributed by atoms with Crippen molar-refractivity contribution in [2.24, 2.45) is 0 Å². The molecule has 1 atom stereocenters. The molecule has 0 aliphatic heterocycles. The summed E-state index contributed by atoms with van der Waals surface area (Å²) in [6.07, 6.45) is 3.48. The molecule has 0 heterocycles. The topological polar surface area (TPSA) is 29.1 Å². The normalized spacial score (nSPS) is 24.9. The Labute approximate surface area is 115 Å². The molecule has 1 fully saturated rings. The van der Waals surface area contributed by atoms with Crippen molar-refractivity contribution in [3.05, 3.63) is 34.9 Å². The third-order valence-electron chi connectivity index (χ3n) is 3.38. The average molecular weight is 317 g/mol. The van der Waals surface area contributed by atoms with Gasteiger partial charge < -0.3 is 0 Å². The molecule has 0 amide bonds. The highest BCUT2D eigenvalue weighted by molar-refractivity contribution is 9.09. The predicted molar refractivity (Wildman–Crippen MR) is 73.5 cm³/mol. The number of hydrogen-bond acceptors (Lipinski definition) is 2. The molecule has 1 aromatic carbocycles. The maximum atomic E-state index is 12.3. The van der Waals surface area contributed by atoms with Gasteiger partial charge in [-0.3, -0.25) is 10.1 Å². The Balaban J connectivity index is 2.47. The maximum absolute atomic E-state index is 12.3. The fourth-order valence-corrected chi connectivity index (χ4v) is 3.29. The Hall–Kier alpha value is -0.380. The molecular formula is C13H15BrClNO. The highest BCUT2D eigenvalue weighted by atomic mass is 79.9. The highest BCUT2D eigenvalue weighted by Crippen LogP contribution is 2.37. The SMILES string of the molecule is O=C1CCCC[C@]1(NCBr)c1ccccc1Cl. The van der Waals surface area contributed by atoms with E-state index in [0.29, 0.717) is 16.9 Å². The zero-order valence-corrected chi connectivity index (χ0v) is 11.9. The maximum Gasteiger partial charge on any atom is 0.157 e. The van der Waals surface area contributed by atoms with E-state index in [1.54, 1.807) is 0 Å². The van der Waals surface area contributed by atoms with Crippen molar-refractivity contribution in [1.29, 1.82) is 0 Å². The van der Waals surface area contributed by atoms with E-state index >= 15 is 0 Å². The largest absolute Gasteiger partial charge is 0.297 e. The minimum atomic E-state index is -0.597. The molecule has 0 unspecified atom stereocenters. The summed E-state index contributed by atoms with van der Waals surface area (Å²) in [4.78, 5) is 12.3. The molecule has 1 N–H and O–H groups in total.